The maximum Gasteiger partial charge on any atom is 0.253 e. The molecule has 2 N–H and O–H groups in total. The van der Waals surface area contributed by atoms with E-state index >= 15 is 0 Å². The molecule has 0 radical (unpaired) electrons. The number of thioether (sulfide) groups is 1. The molecule has 2 amide bonds. The van der Waals surface area contributed by atoms with E-state index in [0.717, 1.165) is 34.8 Å². The van der Waals surface area contributed by atoms with Gasteiger partial charge in [0.2, 0.25) is 5.91 Å². The van der Waals surface area contributed by atoms with E-state index in [1.54, 1.807) is 17.8 Å². The lowest BCUT2D eigenvalue weighted by Gasteiger charge is -2.16. The molecule has 3 rings (SSSR count). The average Bonchev–Trinajstić information content (AvgIpc) is 2.82. The molecule has 1 fully saturated rings. The quantitative estimate of drug-likeness (QED) is 0.787. The highest BCUT2D eigenvalue weighted by Gasteiger charge is 2.24. The van der Waals surface area contributed by atoms with Gasteiger partial charge >= 0.3 is 0 Å². The zero-order valence-corrected chi connectivity index (χ0v) is 15.8. The van der Waals surface area contributed by atoms with Crippen LogP contribution in [0.15, 0.2) is 33.7 Å². The fourth-order valence-electron chi connectivity index (χ4n) is 2.95. The number of rotatable bonds is 5. The van der Waals surface area contributed by atoms with Gasteiger partial charge in [-0.15, -0.1) is 11.8 Å². The summed E-state index contributed by atoms with van der Waals surface area (Å²) in [5.41, 5.74) is 2.50. The largest absolute Gasteiger partial charge is 0.361 e. The highest BCUT2D eigenvalue weighted by molar-refractivity contribution is 7.98. The summed E-state index contributed by atoms with van der Waals surface area (Å²) in [6.45, 7) is 4.48. The van der Waals surface area contributed by atoms with Crippen LogP contribution in [0.3, 0.4) is 0 Å². The van der Waals surface area contributed by atoms with E-state index in [1.165, 1.54) is 0 Å². The molecule has 2 heterocycles. The minimum absolute atomic E-state index is 0.100. The van der Waals surface area contributed by atoms with Crippen LogP contribution in [0.2, 0.25) is 0 Å². The molecule has 1 aliphatic heterocycles. The second-order valence-corrected chi connectivity index (χ2v) is 7.42. The summed E-state index contributed by atoms with van der Waals surface area (Å²) in [5.74, 6) is 1.16. The second kappa shape index (κ2) is 8.40. The number of carbonyl (C=O) groups excluding carboxylic acids is 2. The highest BCUT2D eigenvalue weighted by atomic mass is 32.2. The normalized spacial score (nSPS) is 17.5. The van der Waals surface area contributed by atoms with Crippen molar-refractivity contribution in [1.82, 2.24) is 15.8 Å². The average molecular weight is 373 g/mol. The molecule has 0 spiro atoms. The maximum atomic E-state index is 12.8. The van der Waals surface area contributed by atoms with Gasteiger partial charge in [-0.25, -0.2) is 0 Å². The Labute approximate surface area is 157 Å². The van der Waals surface area contributed by atoms with E-state index < -0.39 is 6.04 Å². The molecule has 1 aromatic carbocycles. The van der Waals surface area contributed by atoms with E-state index in [-0.39, 0.29) is 11.8 Å². The Hall–Kier alpha value is -2.28. The van der Waals surface area contributed by atoms with E-state index in [4.69, 9.17) is 4.52 Å². The fourth-order valence-corrected chi connectivity index (χ4v) is 4.15. The summed E-state index contributed by atoms with van der Waals surface area (Å²) in [5, 5.41) is 9.70. The Balaban J connectivity index is 1.71. The monoisotopic (exact) mass is 373 g/mol. The standard InChI is InChI=1S/C19H23N3O3S/c1-12-15(13(2)25-22-12)11-26-17-9-4-3-7-14(17)18(23)21-16-8-5-6-10-20-19(16)24/h3-4,7,9,16H,5-6,8,10-11H2,1-2H3,(H,20,24)(H,21,23). The second-order valence-electron chi connectivity index (χ2n) is 6.40. The third kappa shape index (κ3) is 4.27. The summed E-state index contributed by atoms with van der Waals surface area (Å²) >= 11 is 1.57. The van der Waals surface area contributed by atoms with Gasteiger partial charge in [0.15, 0.2) is 0 Å². The van der Waals surface area contributed by atoms with Crippen LogP contribution in [-0.2, 0) is 10.5 Å². The number of aryl methyl sites for hydroxylation is 2. The molecule has 1 aromatic heterocycles. The lowest BCUT2D eigenvalue weighted by atomic mass is 10.1. The van der Waals surface area contributed by atoms with Gasteiger partial charge in [0.05, 0.1) is 11.3 Å². The van der Waals surface area contributed by atoms with Crippen LogP contribution >= 0.6 is 11.8 Å². The minimum Gasteiger partial charge on any atom is -0.361 e. The number of nitrogens with zero attached hydrogens (tertiary/aromatic N) is 1. The lowest BCUT2D eigenvalue weighted by Crippen LogP contribution is -2.45. The van der Waals surface area contributed by atoms with Gasteiger partial charge in [0.25, 0.3) is 5.91 Å². The third-order valence-electron chi connectivity index (χ3n) is 4.53. The molecule has 1 atom stereocenters. The first kappa shape index (κ1) is 18.5. The van der Waals surface area contributed by atoms with Crippen LogP contribution in [0.4, 0.5) is 0 Å². The van der Waals surface area contributed by atoms with Crippen molar-refractivity contribution in [2.45, 2.75) is 49.8 Å². The number of aromatic nitrogens is 1. The van der Waals surface area contributed by atoms with Gasteiger partial charge < -0.3 is 15.2 Å². The summed E-state index contributed by atoms with van der Waals surface area (Å²) in [4.78, 5) is 25.7. The Bertz CT molecular complexity index is 784. The van der Waals surface area contributed by atoms with Gasteiger partial charge in [0, 0.05) is 22.8 Å². The van der Waals surface area contributed by atoms with Crippen molar-refractivity contribution in [3.8, 4) is 0 Å². The highest BCUT2D eigenvalue weighted by Crippen LogP contribution is 2.29. The van der Waals surface area contributed by atoms with Gasteiger partial charge in [-0.3, -0.25) is 9.59 Å². The Kier molecular flexibility index (Phi) is 5.98. The van der Waals surface area contributed by atoms with Gasteiger partial charge in [-0.05, 0) is 45.2 Å². The van der Waals surface area contributed by atoms with Crippen molar-refractivity contribution in [2.24, 2.45) is 0 Å². The number of amides is 2. The maximum absolute atomic E-state index is 12.8. The summed E-state index contributed by atoms with van der Waals surface area (Å²) < 4.78 is 5.20. The molecule has 1 unspecified atom stereocenters. The Morgan fingerprint density at radius 1 is 1.35 bits per heavy atom. The van der Waals surface area contributed by atoms with Crippen LogP contribution in [-0.4, -0.2) is 29.6 Å². The number of nitrogens with one attached hydrogen (secondary N) is 2. The summed E-state index contributed by atoms with van der Waals surface area (Å²) in [7, 11) is 0. The molecular weight excluding hydrogens is 350 g/mol. The number of hydrogen-bond acceptors (Lipinski definition) is 5. The molecule has 7 heteroatoms. The number of benzene rings is 1. The predicted octanol–water partition coefficient (Wildman–Crippen LogP) is 2.98. The van der Waals surface area contributed by atoms with Crippen LogP contribution in [0.1, 0.15) is 46.6 Å². The molecule has 26 heavy (non-hydrogen) atoms. The molecule has 2 aromatic rings. The van der Waals surface area contributed by atoms with E-state index in [2.05, 4.69) is 15.8 Å². The SMILES string of the molecule is Cc1noc(C)c1CSc1ccccc1C(=O)NC1CCCCNC1=O. The van der Waals surface area contributed by atoms with Crippen molar-refractivity contribution in [3.05, 3.63) is 46.8 Å². The molecule has 0 saturated carbocycles. The van der Waals surface area contributed by atoms with Crippen molar-refractivity contribution in [1.29, 1.82) is 0 Å². The van der Waals surface area contributed by atoms with Gasteiger partial charge in [-0.1, -0.05) is 17.3 Å². The van der Waals surface area contributed by atoms with Gasteiger partial charge in [-0.2, -0.15) is 0 Å². The van der Waals surface area contributed by atoms with Crippen molar-refractivity contribution >= 4 is 23.6 Å². The molecule has 0 bridgehead atoms. The summed E-state index contributed by atoms with van der Waals surface area (Å²) in [6.07, 6.45) is 2.54. The molecule has 0 aliphatic carbocycles. The van der Waals surface area contributed by atoms with E-state index in [9.17, 15) is 9.59 Å². The topological polar surface area (TPSA) is 84.2 Å². The van der Waals surface area contributed by atoms with Crippen LogP contribution < -0.4 is 10.6 Å². The molecular formula is C19H23N3O3S. The Morgan fingerprint density at radius 3 is 2.92 bits per heavy atom. The Morgan fingerprint density at radius 2 is 2.15 bits per heavy atom. The molecule has 1 aliphatic rings. The number of hydrogen-bond donors (Lipinski definition) is 2. The summed E-state index contributed by atoms with van der Waals surface area (Å²) in [6, 6.07) is 6.99. The predicted molar refractivity (Wildman–Crippen MR) is 100 cm³/mol. The third-order valence-corrected chi connectivity index (χ3v) is 5.63. The molecule has 138 valence electrons. The van der Waals surface area contributed by atoms with E-state index in [0.29, 0.717) is 24.3 Å². The van der Waals surface area contributed by atoms with Crippen LogP contribution in [0.5, 0.6) is 0 Å². The zero-order valence-electron chi connectivity index (χ0n) is 15.0. The van der Waals surface area contributed by atoms with Crippen molar-refractivity contribution in [2.75, 3.05) is 6.54 Å². The van der Waals surface area contributed by atoms with Crippen molar-refractivity contribution in [3.63, 3.8) is 0 Å². The fraction of sp³-hybridized carbons (Fsp3) is 0.421. The molecule has 1 saturated heterocycles. The van der Waals surface area contributed by atoms with Crippen LogP contribution in [0.25, 0.3) is 0 Å². The lowest BCUT2D eigenvalue weighted by molar-refractivity contribution is -0.122. The van der Waals surface area contributed by atoms with Crippen molar-refractivity contribution < 1.29 is 14.1 Å². The first-order chi connectivity index (χ1) is 12.6. The first-order valence-electron chi connectivity index (χ1n) is 8.78. The smallest absolute Gasteiger partial charge is 0.253 e. The molecule has 6 nitrogen and oxygen atoms in total. The van der Waals surface area contributed by atoms with Crippen LogP contribution in [0, 0.1) is 13.8 Å². The number of carbonyl (C=O) groups is 2. The van der Waals surface area contributed by atoms with Gasteiger partial charge in [0.1, 0.15) is 11.8 Å². The van der Waals surface area contributed by atoms with E-state index in [1.807, 2.05) is 32.0 Å². The minimum atomic E-state index is -0.467. The zero-order chi connectivity index (χ0) is 18.5. The first-order valence-corrected chi connectivity index (χ1v) is 9.77.